The normalized spacial score (nSPS) is 11.2. The van der Waals surface area contributed by atoms with Crippen LogP contribution in [-0.2, 0) is 9.84 Å². The third-order valence-corrected chi connectivity index (χ3v) is 4.43. The van der Waals surface area contributed by atoms with Crippen LogP contribution in [-0.4, -0.2) is 14.2 Å². The van der Waals surface area contributed by atoms with Crippen molar-refractivity contribution in [2.45, 2.75) is 44.4 Å². The third kappa shape index (κ3) is 4.65. The zero-order chi connectivity index (χ0) is 13.4. The first kappa shape index (κ1) is 15.0. The molecule has 0 fully saturated rings. The van der Waals surface area contributed by atoms with Gasteiger partial charge in [0.25, 0.3) is 0 Å². The van der Waals surface area contributed by atoms with Gasteiger partial charge in [-0.2, -0.15) is 0 Å². The Morgan fingerprint density at radius 2 is 1.61 bits per heavy atom. The van der Waals surface area contributed by atoms with Crippen molar-refractivity contribution >= 4 is 9.84 Å². The molecule has 0 aliphatic carbocycles. The Hall–Kier alpha value is -1.09. The Morgan fingerprint density at radius 3 is 2.11 bits per heavy atom. The van der Waals surface area contributed by atoms with Crippen LogP contribution in [0.3, 0.4) is 0 Å². The molecule has 3 heteroatoms. The van der Waals surface area contributed by atoms with Gasteiger partial charge in [-0.15, -0.1) is 0 Å². The molecule has 18 heavy (non-hydrogen) atoms. The van der Waals surface area contributed by atoms with Gasteiger partial charge < -0.3 is 0 Å². The van der Waals surface area contributed by atoms with Crippen molar-refractivity contribution < 1.29 is 8.42 Å². The van der Waals surface area contributed by atoms with Crippen molar-refractivity contribution in [3.05, 3.63) is 42.0 Å². The molecule has 0 saturated heterocycles. The van der Waals surface area contributed by atoms with Crippen molar-refractivity contribution in [1.82, 2.24) is 0 Å². The smallest absolute Gasteiger partial charge is 0.181 e. The standard InChI is InChI=1S/C15H22O2S/c1-3-8-14(9-4-2)12-13-18(16,17)15-10-6-5-7-11-15/h5-7,10-12H,3-4,8-9,13H2,1-2H3. The van der Waals surface area contributed by atoms with E-state index in [-0.39, 0.29) is 5.75 Å². The lowest BCUT2D eigenvalue weighted by atomic mass is 10.1. The van der Waals surface area contributed by atoms with Gasteiger partial charge in [0.2, 0.25) is 0 Å². The van der Waals surface area contributed by atoms with Gasteiger partial charge in [-0.05, 0) is 25.0 Å². The molecule has 0 aromatic heterocycles. The van der Waals surface area contributed by atoms with Gasteiger partial charge in [0.15, 0.2) is 9.84 Å². The van der Waals surface area contributed by atoms with E-state index in [1.807, 2.05) is 12.1 Å². The summed E-state index contributed by atoms with van der Waals surface area (Å²) in [7, 11) is -3.17. The minimum Gasteiger partial charge on any atom is -0.223 e. The molecule has 1 aromatic carbocycles. The first-order valence-electron chi connectivity index (χ1n) is 6.56. The third-order valence-electron chi connectivity index (χ3n) is 2.84. The van der Waals surface area contributed by atoms with E-state index in [4.69, 9.17) is 0 Å². The van der Waals surface area contributed by atoms with Crippen molar-refractivity contribution in [2.75, 3.05) is 5.75 Å². The summed E-state index contributed by atoms with van der Waals surface area (Å²) in [6, 6.07) is 8.66. The maximum atomic E-state index is 12.1. The number of rotatable bonds is 7. The minimum absolute atomic E-state index is 0.117. The van der Waals surface area contributed by atoms with Crippen LogP contribution < -0.4 is 0 Å². The van der Waals surface area contributed by atoms with Crippen LogP contribution in [0, 0.1) is 0 Å². The molecule has 0 spiro atoms. The molecular weight excluding hydrogens is 244 g/mol. The molecule has 0 unspecified atom stereocenters. The summed E-state index contributed by atoms with van der Waals surface area (Å²) in [6.45, 7) is 4.24. The average molecular weight is 266 g/mol. The van der Waals surface area contributed by atoms with Crippen molar-refractivity contribution in [3.63, 3.8) is 0 Å². The van der Waals surface area contributed by atoms with Crippen LogP contribution in [0.1, 0.15) is 39.5 Å². The summed E-state index contributed by atoms with van der Waals surface area (Å²) in [5.41, 5.74) is 1.26. The topological polar surface area (TPSA) is 34.1 Å². The van der Waals surface area contributed by atoms with Crippen LogP contribution in [0.15, 0.2) is 46.9 Å². The first-order chi connectivity index (χ1) is 8.60. The molecule has 100 valence electrons. The number of sulfone groups is 1. The molecule has 1 aromatic rings. The van der Waals surface area contributed by atoms with E-state index in [9.17, 15) is 8.42 Å². The second-order valence-corrected chi connectivity index (χ2v) is 6.49. The SMILES string of the molecule is CCCC(=CCS(=O)(=O)c1ccccc1)CCC. The summed E-state index contributed by atoms with van der Waals surface area (Å²) in [6.07, 6.45) is 6.03. The molecule has 0 N–H and O–H groups in total. The molecular formula is C15H22O2S. The molecule has 0 saturated carbocycles. The molecule has 2 nitrogen and oxygen atoms in total. The lowest BCUT2D eigenvalue weighted by molar-refractivity contribution is 0.598. The van der Waals surface area contributed by atoms with Crippen LogP contribution in [0.25, 0.3) is 0 Å². The predicted molar refractivity (Wildman–Crippen MR) is 76.4 cm³/mol. The Morgan fingerprint density at radius 1 is 1.06 bits per heavy atom. The van der Waals surface area contributed by atoms with E-state index < -0.39 is 9.84 Å². The highest BCUT2D eigenvalue weighted by Crippen LogP contribution is 2.15. The maximum Gasteiger partial charge on any atom is 0.181 e. The maximum absolute atomic E-state index is 12.1. The molecule has 0 aliphatic heterocycles. The fourth-order valence-corrected chi connectivity index (χ4v) is 3.14. The monoisotopic (exact) mass is 266 g/mol. The summed E-state index contributed by atoms with van der Waals surface area (Å²) in [5, 5.41) is 0. The lowest BCUT2D eigenvalue weighted by Gasteiger charge is -2.05. The largest absolute Gasteiger partial charge is 0.223 e. The molecule has 0 amide bonds. The van der Waals surface area contributed by atoms with Gasteiger partial charge in [-0.1, -0.05) is 56.5 Å². The highest BCUT2D eigenvalue weighted by molar-refractivity contribution is 7.91. The van der Waals surface area contributed by atoms with E-state index in [2.05, 4.69) is 13.8 Å². The zero-order valence-electron chi connectivity index (χ0n) is 11.2. The van der Waals surface area contributed by atoms with Crippen molar-refractivity contribution in [3.8, 4) is 0 Å². The Balaban J connectivity index is 2.80. The minimum atomic E-state index is -3.17. The number of benzene rings is 1. The first-order valence-corrected chi connectivity index (χ1v) is 8.21. The molecule has 0 heterocycles. The van der Waals surface area contributed by atoms with Gasteiger partial charge >= 0.3 is 0 Å². The fraction of sp³-hybridized carbons (Fsp3) is 0.467. The van der Waals surface area contributed by atoms with Gasteiger partial charge in [-0.3, -0.25) is 0 Å². The van der Waals surface area contributed by atoms with Gasteiger partial charge in [0.1, 0.15) is 0 Å². The van der Waals surface area contributed by atoms with E-state index in [1.54, 1.807) is 24.3 Å². The zero-order valence-corrected chi connectivity index (χ0v) is 12.0. The highest BCUT2D eigenvalue weighted by atomic mass is 32.2. The quantitative estimate of drug-likeness (QED) is 0.699. The van der Waals surface area contributed by atoms with E-state index >= 15 is 0 Å². The van der Waals surface area contributed by atoms with Crippen LogP contribution in [0.2, 0.25) is 0 Å². The number of hydrogen-bond donors (Lipinski definition) is 0. The highest BCUT2D eigenvalue weighted by Gasteiger charge is 2.12. The van der Waals surface area contributed by atoms with Crippen LogP contribution >= 0.6 is 0 Å². The molecule has 0 bridgehead atoms. The predicted octanol–water partition coefficient (Wildman–Crippen LogP) is 3.99. The second-order valence-electron chi connectivity index (χ2n) is 4.46. The van der Waals surface area contributed by atoms with Crippen LogP contribution in [0.5, 0.6) is 0 Å². The van der Waals surface area contributed by atoms with E-state index in [0.717, 1.165) is 25.7 Å². The summed E-state index contributed by atoms with van der Waals surface area (Å²) < 4.78 is 24.2. The van der Waals surface area contributed by atoms with Crippen LogP contribution in [0.4, 0.5) is 0 Å². The number of allylic oxidation sites excluding steroid dienone is 1. The fourth-order valence-electron chi connectivity index (χ4n) is 1.92. The Kier molecular flexibility index (Phi) is 6.13. The van der Waals surface area contributed by atoms with E-state index in [0.29, 0.717) is 4.90 Å². The van der Waals surface area contributed by atoms with Gasteiger partial charge in [0, 0.05) is 0 Å². The van der Waals surface area contributed by atoms with Gasteiger partial charge in [0.05, 0.1) is 10.6 Å². The molecule has 1 rings (SSSR count). The van der Waals surface area contributed by atoms with Crippen molar-refractivity contribution in [2.24, 2.45) is 0 Å². The second kappa shape index (κ2) is 7.37. The van der Waals surface area contributed by atoms with E-state index in [1.165, 1.54) is 5.57 Å². The summed E-state index contributed by atoms with van der Waals surface area (Å²) in [5.74, 6) is 0.117. The summed E-state index contributed by atoms with van der Waals surface area (Å²) in [4.78, 5) is 0.411. The molecule has 0 aliphatic rings. The lowest BCUT2D eigenvalue weighted by Crippen LogP contribution is -2.05. The molecule has 0 atom stereocenters. The Labute approximate surface area is 111 Å². The van der Waals surface area contributed by atoms with Gasteiger partial charge in [-0.25, -0.2) is 8.42 Å². The summed E-state index contributed by atoms with van der Waals surface area (Å²) >= 11 is 0. The number of hydrogen-bond acceptors (Lipinski definition) is 2. The average Bonchev–Trinajstić information content (AvgIpc) is 2.38. The van der Waals surface area contributed by atoms with Crippen molar-refractivity contribution in [1.29, 1.82) is 0 Å². The Bertz CT molecular complexity index is 464. The molecule has 0 radical (unpaired) electrons.